The molecule has 1 aliphatic rings. The van der Waals surface area contributed by atoms with Gasteiger partial charge in [-0.1, -0.05) is 47.5 Å². The van der Waals surface area contributed by atoms with Gasteiger partial charge in [0.25, 0.3) is 0 Å². The lowest BCUT2D eigenvalue weighted by atomic mass is 10.0. The normalized spacial score (nSPS) is 16.1. The number of fused-ring (bicyclic) bond motifs is 1. The van der Waals surface area contributed by atoms with Crippen molar-refractivity contribution in [1.29, 1.82) is 0 Å². The molecule has 3 aromatic carbocycles. The van der Waals surface area contributed by atoms with Crippen molar-refractivity contribution in [2.24, 2.45) is 0 Å². The lowest BCUT2D eigenvalue weighted by Gasteiger charge is -2.20. The van der Waals surface area contributed by atoms with Crippen LogP contribution in [0.25, 0.3) is 11.0 Å². The van der Waals surface area contributed by atoms with Gasteiger partial charge in [-0.3, -0.25) is 4.79 Å². The van der Waals surface area contributed by atoms with E-state index in [2.05, 4.69) is 42.7 Å². The van der Waals surface area contributed by atoms with Gasteiger partial charge in [-0.05, 0) is 55.3 Å². The molecule has 33 heavy (non-hydrogen) atoms. The van der Waals surface area contributed by atoms with Gasteiger partial charge < -0.3 is 14.2 Å². The Labute approximate surface area is 198 Å². The number of hydrogen-bond acceptors (Lipinski definition) is 3. The lowest BCUT2D eigenvalue weighted by molar-refractivity contribution is -0.117. The number of carbonyl (C=O) groups is 1. The molecule has 5 nitrogen and oxygen atoms in total. The third-order valence-electron chi connectivity index (χ3n) is 6.44. The Morgan fingerprint density at radius 2 is 1.91 bits per heavy atom. The summed E-state index contributed by atoms with van der Waals surface area (Å²) in [5.74, 6) is 1.59. The number of benzene rings is 3. The molecule has 5 rings (SSSR count). The minimum absolute atomic E-state index is 0.0290. The number of anilines is 1. The predicted octanol–water partition coefficient (Wildman–Crippen LogP) is 5.88. The number of aryl methyl sites for hydroxylation is 2. The maximum Gasteiger partial charge on any atom is 0.227 e. The average molecular weight is 460 g/mol. The van der Waals surface area contributed by atoms with Crippen LogP contribution in [0.15, 0.2) is 60.7 Å². The van der Waals surface area contributed by atoms with Crippen molar-refractivity contribution >= 4 is 34.2 Å². The van der Waals surface area contributed by atoms with Crippen LogP contribution >= 0.6 is 11.6 Å². The number of nitrogens with zero attached hydrogens (tertiary/aromatic N) is 3. The van der Waals surface area contributed by atoms with E-state index in [1.807, 2.05) is 18.2 Å². The largest absolute Gasteiger partial charge is 0.495 e. The highest BCUT2D eigenvalue weighted by atomic mass is 35.5. The predicted molar refractivity (Wildman–Crippen MR) is 132 cm³/mol. The Bertz CT molecular complexity index is 1360. The fourth-order valence-electron chi connectivity index (χ4n) is 4.70. The Morgan fingerprint density at radius 3 is 2.73 bits per heavy atom. The van der Waals surface area contributed by atoms with Gasteiger partial charge in [0.15, 0.2) is 0 Å². The van der Waals surface area contributed by atoms with Crippen molar-refractivity contribution in [3.05, 3.63) is 88.2 Å². The zero-order valence-corrected chi connectivity index (χ0v) is 19.8. The van der Waals surface area contributed by atoms with Gasteiger partial charge in [-0.15, -0.1) is 0 Å². The molecule has 0 spiro atoms. The number of amides is 1. The number of para-hydroxylation sites is 2. The van der Waals surface area contributed by atoms with E-state index in [1.165, 1.54) is 16.7 Å². The molecule has 1 fully saturated rings. The Hall–Kier alpha value is -3.31. The van der Waals surface area contributed by atoms with E-state index in [-0.39, 0.29) is 11.8 Å². The molecule has 0 saturated carbocycles. The topological polar surface area (TPSA) is 47.4 Å². The summed E-state index contributed by atoms with van der Waals surface area (Å²) in [5.41, 5.74) is 6.48. The van der Waals surface area contributed by atoms with E-state index < -0.39 is 0 Å². The molecule has 168 valence electrons. The van der Waals surface area contributed by atoms with E-state index in [0.717, 1.165) is 16.9 Å². The standard InChI is InChI=1S/C27H26ClN3O2/c1-17-8-9-18(2)19(12-17)15-31-23-7-5-4-6-22(23)29-27(31)20-13-26(32)30(16-20)24-14-21(28)10-11-25(24)33-3/h4-12,14,20H,13,15-16H2,1-3H3/t20-/m0/s1. The van der Waals surface area contributed by atoms with Gasteiger partial charge in [-0.2, -0.15) is 0 Å². The van der Waals surface area contributed by atoms with Crippen LogP contribution in [0.5, 0.6) is 5.75 Å². The number of hydrogen-bond donors (Lipinski definition) is 0. The Balaban J connectivity index is 1.56. The molecule has 2 heterocycles. The van der Waals surface area contributed by atoms with Crippen LogP contribution in [0, 0.1) is 13.8 Å². The number of halogens is 1. The second-order valence-corrected chi connectivity index (χ2v) is 9.13. The molecule has 1 amide bonds. The number of carbonyl (C=O) groups excluding carboxylic acids is 1. The third kappa shape index (κ3) is 3.98. The summed E-state index contributed by atoms with van der Waals surface area (Å²) in [5, 5.41) is 0.573. The first-order chi connectivity index (χ1) is 15.9. The molecule has 6 heteroatoms. The molecule has 0 N–H and O–H groups in total. The van der Waals surface area contributed by atoms with Crippen molar-refractivity contribution in [2.75, 3.05) is 18.6 Å². The smallest absolute Gasteiger partial charge is 0.227 e. The van der Waals surface area contributed by atoms with Crippen molar-refractivity contribution in [3.63, 3.8) is 0 Å². The first-order valence-electron chi connectivity index (χ1n) is 11.1. The molecule has 1 atom stereocenters. The van der Waals surface area contributed by atoms with Gasteiger partial charge in [0, 0.05) is 30.5 Å². The zero-order chi connectivity index (χ0) is 23.1. The van der Waals surface area contributed by atoms with Crippen molar-refractivity contribution < 1.29 is 9.53 Å². The molecule has 0 radical (unpaired) electrons. The van der Waals surface area contributed by atoms with E-state index in [9.17, 15) is 4.79 Å². The van der Waals surface area contributed by atoms with Gasteiger partial charge in [0.2, 0.25) is 5.91 Å². The molecule has 1 saturated heterocycles. The van der Waals surface area contributed by atoms with Gasteiger partial charge >= 0.3 is 0 Å². The quantitative estimate of drug-likeness (QED) is 0.374. The highest BCUT2D eigenvalue weighted by Crippen LogP contribution is 2.38. The number of rotatable bonds is 5. The average Bonchev–Trinajstić information content (AvgIpc) is 3.37. The molecule has 0 unspecified atom stereocenters. The maximum absolute atomic E-state index is 13.1. The highest BCUT2D eigenvalue weighted by Gasteiger charge is 2.36. The van der Waals surface area contributed by atoms with Crippen LogP contribution in [0.2, 0.25) is 5.02 Å². The summed E-state index contributed by atoms with van der Waals surface area (Å²) in [6.45, 7) is 5.50. The second kappa shape index (κ2) is 8.56. The van der Waals surface area contributed by atoms with Crippen LogP contribution in [-0.2, 0) is 11.3 Å². The fourth-order valence-corrected chi connectivity index (χ4v) is 4.87. The van der Waals surface area contributed by atoms with Crippen LogP contribution in [0.3, 0.4) is 0 Å². The molecule has 1 aromatic heterocycles. The minimum Gasteiger partial charge on any atom is -0.495 e. The summed E-state index contributed by atoms with van der Waals surface area (Å²) < 4.78 is 7.78. The number of imidazole rings is 1. The number of ether oxygens (including phenoxy) is 1. The van der Waals surface area contributed by atoms with Crippen LogP contribution in [0.1, 0.15) is 34.9 Å². The first-order valence-corrected chi connectivity index (χ1v) is 11.5. The summed E-state index contributed by atoms with van der Waals surface area (Å²) in [7, 11) is 1.61. The van der Waals surface area contributed by atoms with Gasteiger partial charge in [0.05, 0.1) is 23.8 Å². The third-order valence-corrected chi connectivity index (χ3v) is 6.67. The van der Waals surface area contributed by atoms with Crippen LogP contribution in [0.4, 0.5) is 5.69 Å². The van der Waals surface area contributed by atoms with Gasteiger partial charge in [-0.25, -0.2) is 4.98 Å². The maximum atomic E-state index is 13.1. The summed E-state index contributed by atoms with van der Waals surface area (Å²) >= 11 is 6.24. The second-order valence-electron chi connectivity index (χ2n) is 8.70. The number of methoxy groups -OCH3 is 1. The molecule has 1 aliphatic heterocycles. The number of aromatic nitrogens is 2. The summed E-state index contributed by atoms with van der Waals surface area (Å²) in [6.07, 6.45) is 0.395. The molecular weight excluding hydrogens is 434 g/mol. The molecule has 0 bridgehead atoms. The monoisotopic (exact) mass is 459 g/mol. The van der Waals surface area contributed by atoms with E-state index >= 15 is 0 Å². The van der Waals surface area contributed by atoms with E-state index in [4.69, 9.17) is 21.3 Å². The van der Waals surface area contributed by atoms with Crippen molar-refractivity contribution in [1.82, 2.24) is 9.55 Å². The zero-order valence-electron chi connectivity index (χ0n) is 19.0. The van der Waals surface area contributed by atoms with E-state index in [0.29, 0.717) is 36.0 Å². The first kappa shape index (κ1) is 21.5. The molecule has 4 aromatic rings. The highest BCUT2D eigenvalue weighted by molar-refractivity contribution is 6.31. The van der Waals surface area contributed by atoms with Crippen LogP contribution < -0.4 is 9.64 Å². The molecule has 0 aliphatic carbocycles. The SMILES string of the molecule is COc1ccc(Cl)cc1N1C[C@@H](c2nc3ccccc3n2Cc2cc(C)ccc2C)CC1=O. The Morgan fingerprint density at radius 1 is 1.09 bits per heavy atom. The summed E-state index contributed by atoms with van der Waals surface area (Å²) in [6, 6.07) is 20.1. The lowest BCUT2D eigenvalue weighted by Crippen LogP contribution is -2.25. The van der Waals surface area contributed by atoms with Crippen LogP contribution in [-0.4, -0.2) is 29.1 Å². The van der Waals surface area contributed by atoms with Gasteiger partial charge in [0.1, 0.15) is 11.6 Å². The minimum atomic E-state index is -0.0290. The van der Waals surface area contributed by atoms with Crippen molar-refractivity contribution in [3.8, 4) is 5.75 Å². The molecular formula is C27H26ClN3O2. The van der Waals surface area contributed by atoms with Crippen molar-refractivity contribution in [2.45, 2.75) is 32.7 Å². The fraction of sp³-hybridized carbons (Fsp3) is 0.259. The summed E-state index contributed by atoms with van der Waals surface area (Å²) in [4.78, 5) is 19.9. The van der Waals surface area contributed by atoms with E-state index in [1.54, 1.807) is 30.2 Å². The Kier molecular flexibility index (Phi) is 5.59.